The summed E-state index contributed by atoms with van der Waals surface area (Å²) in [6.45, 7) is 1.96. The SMILES string of the molecule is CC[C@@H](N)c1nc(-c2ccncn2)no1. The molecule has 2 heterocycles. The number of rotatable bonds is 3. The molecular formula is C9H11N5O. The Morgan fingerprint density at radius 1 is 1.53 bits per heavy atom. The quantitative estimate of drug-likeness (QED) is 0.801. The van der Waals surface area contributed by atoms with Gasteiger partial charge in [0, 0.05) is 6.20 Å². The van der Waals surface area contributed by atoms with Crippen molar-refractivity contribution in [2.45, 2.75) is 19.4 Å². The summed E-state index contributed by atoms with van der Waals surface area (Å²) in [7, 11) is 0. The lowest BCUT2D eigenvalue weighted by atomic mass is 10.2. The average molecular weight is 205 g/mol. The van der Waals surface area contributed by atoms with Crippen molar-refractivity contribution in [3.8, 4) is 11.5 Å². The van der Waals surface area contributed by atoms with Crippen molar-refractivity contribution in [2.24, 2.45) is 5.73 Å². The molecule has 6 heteroatoms. The normalized spacial score (nSPS) is 12.7. The molecule has 0 aliphatic carbocycles. The maximum atomic E-state index is 5.76. The molecule has 0 saturated carbocycles. The van der Waals surface area contributed by atoms with Gasteiger partial charge >= 0.3 is 0 Å². The fourth-order valence-electron chi connectivity index (χ4n) is 1.09. The molecule has 6 nitrogen and oxygen atoms in total. The first-order valence-electron chi connectivity index (χ1n) is 4.67. The molecule has 0 amide bonds. The summed E-state index contributed by atoms with van der Waals surface area (Å²) in [5.41, 5.74) is 6.38. The van der Waals surface area contributed by atoms with E-state index in [1.807, 2.05) is 6.92 Å². The van der Waals surface area contributed by atoms with E-state index >= 15 is 0 Å². The highest BCUT2D eigenvalue weighted by Gasteiger charge is 2.14. The smallest absolute Gasteiger partial charge is 0.243 e. The van der Waals surface area contributed by atoms with E-state index < -0.39 is 0 Å². The molecule has 0 unspecified atom stereocenters. The summed E-state index contributed by atoms with van der Waals surface area (Å²) in [6.07, 6.45) is 3.81. The highest BCUT2D eigenvalue weighted by atomic mass is 16.5. The van der Waals surface area contributed by atoms with Gasteiger partial charge in [0.05, 0.1) is 6.04 Å². The minimum absolute atomic E-state index is 0.215. The minimum Gasteiger partial charge on any atom is -0.337 e. The van der Waals surface area contributed by atoms with Gasteiger partial charge in [0.1, 0.15) is 12.0 Å². The monoisotopic (exact) mass is 205 g/mol. The van der Waals surface area contributed by atoms with E-state index in [0.29, 0.717) is 17.4 Å². The molecule has 0 spiro atoms. The van der Waals surface area contributed by atoms with Gasteiger partial charge in [-0.25, -0.2) is 9.97 Å². The van der Waals surface area contributed by atoms with Crippen LogP contribution in [-0.4, -0.2) is 20.1 Å². The van der Waals surface area contributed by atoms with E-state index in [4.69, 9.17) is 10.3 Å². The van der Waals surface area contributed by atoms with Crippen LogP contribution in [0.4, 0.5) is 0 Å². The van der Waals surface area contributed by atoms with Crippen LogP contribution < -0.4 is 5.73 Å². The van der Waals surface area contributed by atoms with Gasteiger partial charge in [-0.05, 0) is 12.5 Å². The van der Waals surface area contributed by atoms with Gasteiger partial charge in [-0.2, -0.15) is 4.98 Å². The van der Waals surface area contributed by atoms with Crippen molar-refractivity contribution >= 4 is 0 Å². The molecule has 0 aliphatic heterocycles. The number of hydrogen-bond donors (Lipinski definition) is 1. The Labute approximate surface area is 86.5 Å². The Hall–Kier alpha value is -1.82. The number of aromatic nitrogens is 4. The van der Waals surface area contributed by atoms with Crippen LogP contribution in [0.25, 0.3) is 11.5 Å². The highest BCUT2D eigenvalue weighted by molar-refractivity contribution is 5.46. The van der Waals surface area contributed by atoms with Gasteiger partial charge in [-0.3, -0.25) is 0 Å². The van der Waals surface area contributed by atoms with Crippen LogP contribution >= 0.6 is 0 Å². The molecule has 78 valence electrons. The van der Waals surface area contributed by atoms with Crippen LogP contribution in [0.3, 0.4) is 0 Å². The van der Waals surface area contributed by atoms with Crippen LogP contribution in [-0.2, 0) is 0 Å². The second kappa shape index (κ2) is 4.14. The van der Waals surface area contributed by atoms with E-state index in [1.54, 1.807) is 12.3 Å². The molecule has 1 atom stereocenters. The molecule has 0 aliphatic rings. The molecule has 0 aromatic carbocycles. The van der Waals surface area contributed by atoms with E-state index in [0.717, 1.165) is 6.42 Å². The van der Waals surface area contributed by atoms with Crippen molar-refractivity contribution in [1.82, 2.24) is 20.1 Å². The fourth-order valence-corrected chi connectivity index (χ4v) is 1.09. The molecule has 0 radical (unpaired) electrons. The van der Waals surface area contributed by atoms with Crippen LogP contribution in [0, 0.1) is 0 Å². The summed E-state index contributed by atoms with van der Waals surface area (Å²) >= 11 is 0. The second-order valence-corrected chi connectivity index (χ2v) is 3.07. The standard InChI is InChI=1S/C9H11N5O/c1-2-6(10)9-13-8(14-15-9)7-3-4-11-5-12-7/h3-6H,2,10H2,1H3/t6-/m1/s1. The lowest BCUT2D eigenvalue weighted by molar-refractivity contribution is 0.352. The lowest BCUT2D eigenvalue weighted by Gasteiger charge is -1.98. The van der Waals surface area contributed by atoms with Gasteiger partial charge in [0.2, 0.25) is 11.7 Å². The summed E-state index contributed by atoms with van der Waals surface area (Å²) < 4.78 is 5.03. The van der Waals surface area contributed by atoms with E-state index in [2.05, 4.69) is 20.1 Å². The lowest BCUT2D eigenvalue weighted by Crippen LogP contribution is -2.08. The summed E-state index contributed by atoms with van der Waals surface area (Å²) in [5, 5.41) is 3.80. The van der Waals surface area contributed by atoms with Crippen LogP contribution in [0.5, 0.6) is 0 Å². The predicted molar refractivity (Wildman–Crippen MR) is 52.5 cm³/mol. The maximum Gasteiger partial charge on any atom is 0.243 e. The average Bonchev–Trinajstić information content (AvgIpc) is 2.78. The third kappa shape index (κ3) is 1.99. The van der Waals surface area contributed by atoms with Gasteiger partial charge in [0.15, 0.2) is 0 Å². The predicted octanol–water partition coefficient (Wildman–Crippen LogP) is 0.936. The highest BCUT2D eigenvalue weighted by Crippen LogP contribution is 2.16. The molecule has 2 aromatic rings. The van der Waals surface area contributed by atoms with Gasteiger partial charge < -0.3 is 10.3 Å². The van der Waals surface area contributed by atoms with Gasteiger partial charge in [-0.1, -0.05) is 12.1 Å². The van der Waals surface area contributed by atoms with Crippen molar-refractivity contribution in [3.63, 3.8) is 0 Å². The zero-order chi connectivity index (χ0) is 10.7. The van der Waals surface area contributed by atoms with E-state index in [1.165, 1.54) is 6.33 Å². The Balaban J connectivity index is 2.28. The van der Waals surface area contributed by atoms with Crippen molar-refractivity contribution in [3.05, 3.63) is 24.5 Å². The molecule has 0 fully saturated rings. The van der Waals surface area contributed by atoms with Crippen molar-refractivity contribution < 1.29 is 4.52 Å². The first kappa shape index (κ1) is 9.72. The largest absolute Gasteiger partial charge is 0.337 e. The first-order valence-corrected chi connectivity index (χ1v) is 4.67. The molecule has 0 saturated heterocycles. The third-order valence-electron chi connectivity index (χ3n) is 2.01. The first-order chi connectivity index (χ1) is 7.31. The Morgan fingerprint density at radius 2 is 2.40 bits per heavy atom. The molecular weight excluding hydrogens is 194 g/mol. The van der Waals surface area contributed by atoms with Crippen LogP contribution in [0.15, 0.2) is 23.1 Å². The van der Waals surface area contributed by atoms with Crippen LogP contribution in [0.2, 0.25) is 0 Å². The van der Waals surface area contributed by atoms with Gasteiger partial charge in [-0.15, -0.1) is 0 Å². The summed E-state index contributed by atoms with van der Waals surface area (Å²) in [6, 6.07) is 1.50. The van der Waals surface area contributed by atoms with Crippen LogP contribution in [0.1, 0.15) is 25.3 Å². The fraction of sp³-hybridized carbons (Fsp3) is 0.333. The molecule has 2 aromatic heterocycles. The summed E-state index contributed by atoms with van der Waals surface area (Å²) in [5.74, 6) is 0.877. The van der Waals surface area contributed by atoms with Crippen molar-refractivity contribution in [2.75, 3.05) is 0 Å². The minimum atomic E-state index is -0.215. The topological polar surface area (TPSA) is 90.7 Å². The number of nitrogens with zero attached hydrogens (tertiary/aromatic N) is 4. The number of nitrogens with two attached hydrogens (primary N) is 1. The Bertz CT molecular complexity index is 427. The zero-order valence-corrected chi connectivity index (χ0v) is 8.29. The summed E-state index contributed by atoms with van der Waals surface area (Å²) in [4.78, 5) is 12.0. The van der Waals surface area contributed by atoms with Crippen molar-refractivity contribution in [1.29, 1.82) is 0 Å². The zero-order valence-electron chi connectivity index (χ0n) is 8.29. The Morgan fingerprint density at radius 3 is 3.07 bits per heavy atom. The second-order valence-electron chi connectivity index (χ2n) is 3.07. The molecule has 15 heavy (non-hydrogen) atoms. The molecule has 2 N–H and O–H groups in total. The van der Waals surface area contributed by atoms with Gasteiger partial charge in [0.25, 0.3) is 0 Å². The molecule has 0 bridgehead atoms. The molecule has 2 rings (SSSR count). The number of hydrogen-bond acceptors (Lipinski definition) is 6. The van der Waals surface area contributed by atoms with E-state index in [-0.39, 0.29) is 6.04 Å². The maximum absolute atomic E-state index is 5.76. The Kier molecular flexibility index (Phi) is 2.68. The van der Waals surface area contributed by atoms with E-state index in [9.17, 15) is 0 Å². The third-order valence-corrected chi connectivity index (χ3v) is 2.01.